The highest BCUT2D eigenvalue weighted by Crippen LogP contribution is 2.36. The number of nitrogens with zero attached hydrogens (tertiary/aromatic N) is 3. The standard InChI is InChI=1S/C14H13N3S/c1-8-7-9(2)17-11-3-4-12-10(5-6-18-12)13(11)16-14(17)15-8/h5-7H,3-4H2,1-2H3. The van der Waals surface area contributed by atoms with Crippen molar-refractivity contribution in [2.24, 2.45) is 0 Å². The molecular formula is C14H13N3S. The number of thiophene rings is 1. The SMILES string of the molecule is Cc1cc(C)n2c3c(nc2n1)-c1ccsc1CC3. The fraction of sp³-hybridized carbons (Fsp3) is 0.286. The van der Waals surface area contributed by atoms with Crippen molar-refractivity contribution in [3.8, 4) is 11.3 Å². The monoisotopic (exact) mass is 255 g/mol. The van der Waals surface area contributed by atoms with Gasteiger partial charge in [-0.2, -0.15) is 0 Å². The first kappa shape index (κ1) is 10.3. The highest BCUT2D eigenvalue weighted by Gasteiger charge is 2.23. The Hall–Kier alpha value is -1.68. The second kappa shape index (κ2) is 3.42. The Morgan fingerprint density at radius 3 is 3.00 bits per heavy atom. The number of aromatic nitrogens is 3. The summed E-state index contributed by atoms with van der Waals surface area (Å²) in [6, 6.07) is 4.31. The maximum Gasteiger partial charge on any atom is 0.235 e. The molecule has 0 spiro atoms. The van der Waals surface area contributed by atoms with E-state index in [1.165, 1.54) is 21.8 Å². The maximum absolute atomic E-state index is 4.75. The van der Waals surface area contributed by atoms with Crippen LogP contribution in [0.25, 0.3) is 17.0 Å². The number of rotatable bonds is 0. The van der Waals surface area contributed by atoms with Gasteiger partial charge in [0.15, 0.2) is 0 Å². The molecule has 0 amide bonds. The Bertz CT molecular complexity index is 767. The van der Waals surface area contributed by atoms with Crippen molar-refractivity contribution < 1.29 is 0 Å². The van der Waals surface area contributed by atoms with Crippen LogP contribution in [-0.4, -0.2) is 14.4 Å². The first-order valence-corrected chi connectivity index (χ1v) is 7.04. The molecule has 3 nitrogen and oxygen atoms in total. The molecule has 1 aliphatic carbocycles. The molecule has 0 N–H and O–H groups in total. The molecule has 0 saturated carbocycles. The minimum atomic E-state index is 0.844. The molecule has 0 unspecified atom stereocenters. The van der Waals surface area contributed by atoms with E-state index in [2.05, 4.69) is 33.8 Å². The zero-order valence-corrected chi connectivity index (χ0v) is 11.2. The van der Waals surface area contributed by atoms with Crippen LogP contribution in [0.4, 0.5) is 0 Å². The normalized spacial score (nSPS) is 13.7. The van der Waals surface area contributed by atoms with Crippen molar-refractivity contribution >= 4 is 17.1 Å². The van der Waals surface area contributed by atoms with Crippen molar-refractivity contribution in [3.63, 3.8) is 0 Å². The van der Waals surface area contributed by atoms with E-state index in [0.29, 0.717) is 0 Å². The summed E-state index contributed by atoms with van der Waals surface area (Å²) in [7, 11) is 0. The third kappa shape index (κ3) is 1.24. The smallest absolute Gasteiger partial charge is 0.235 e. The summed E-state index contributed by atoms with van der Waals surface area (Å²) in [6.45, 7) is 4.16. The molecule has 1 aliphatic rings. The highest BCUT2D eigenvalue weighted by atomic mass is 32.1. The molecule has 18 heavy (non-hydrogen) atoms. The second-order valence-corrected chi connectivity index (χ2v) is 5.84. The van der Waals surface area contributed by atoms with Gasteiger partial charge in [-0.1, -0.05) is 0 Å². The summed E-state index contributed by atoms with van der Waals surface area (Å²) < 4.78 is 2.21. The summed E-state index contributed by atoms with van der Waals surface area (Å²) in [6.07, 6.45) is 2.19. The fourth-order valence-electron chi connectivity index (χ4n) is 2.87. The molecule has 0 aromatic carbocycles. The number of hydrogen-bond acceptors (Lipinski definition) is 3. The molecule has 0 saturated heterocycles. The summed E-state index contributed by atoms with van der Waals surface area (Å²) in [5, 5.41) is 2.16. The number of imidazole rings is 1. The molecule has 0 radical (unpaired) electrons. The summed E-state index contributed by atoms with van der Waals surface area (Å²) in [5.41, 5.74) is 6.03. The lowest BCUT2D eigenvalue weighted by molar-refractivity contribution is 0.869. The van der Waals surface area contributed by atoms with Crippen LogP contribution in [0.3, 0.4) is 0 Å². The molecule has 90 valence electrons. The number of aryl methyl sites for hydroxylation is 4. The molecule has 4 rings (SSSR count). The van der Waals surface area contributed by atoms with Gasteiger partial charge in [-0.05, 0) is 44.2 Å². The lowest BCUT2D eigenvalue weighted by Gasteiger charge is -2.12. The van der Waals surface area contributed by atoms with Crippen molar-refractivity contribution in [2.45, 2.75) is 26.7 Å². The first-order valence-electron chi connectivity index (χ1n) is 6.16. The van der Waals surface area contributed by atoms with Gasteiger partial charge in [-0.25, -0.2) is 9.97 Å². The van der Waals surface area contributed by atoms with Crippen LogP contribution in [0.15, 0.2) is 17.5 Å². The van der Waals surface area contributed by atoms with Gasteiger partial charge in [0.2, 0.25) is 5.78 Å². The van der Waals surface area contributed by atoms with Gasteiger partial charge >= 0.3 is 0 Å². The Morgan fingerprint density at radius 1 is 1.22 bits per heavy atom. The third-order valence-corrected chi connectivity index (χ3v) is 4.57. The number of hydrogen-bond donors (Lipinski definition) is 0. The molecule has 3 aromatic rings. The van der Waals surface area contributed by atoms with Gasteiger partial charge in [-0.15, -0.1) is 11.3 Å². The molecule has 0 aliphatic heterocycles. The van der Waals surface area contributed by atoms with E-state index >= 15 is 0 Å². The minimum Gasteiger partial charge on any atom is -0.285 e. The van der Waals surface area contributed by atoms with Crippen molar-refractivity contribution in [2.75, 3.05) is 0 Å². The van der Waals surface area contributed by atoms with Gasteiger partial charge in [0.1, 0.15) is 0 Å². The summed E-state index contributed by atoms with van der Waals surface area (Å²) in [4.78, 5) is 10.8. The molecule has 3 aromatic heterocycles. The van der Waals surface area contributed by atoms with Crippen LogP contribution in [-0.2, 0) is 12.8 Å². The average Bonchev–Trinajstić information content (AvgIpc) is 2.89. The molecule has 0 atom stereocenters. The molecular weight excluding hydrogens is 242 g/mol. The van der Waals surface area contributed by atoms with E-state index in [9.17, 15) is 0 Å². The van der Waals surface area contributed by atoms with Crippen molar-refractivity contribution in [3.05, 3.63) is 39.5 Å². The van der Waals surface area contributed by atoms with E-state index in [4.69, 9.17) is 4.98 Å². The molecule has 4 heteroatoms. The van der Waals surface area contributed by atoms with Crippen LogP contribution in [0.5, 0.6) is 0 Å². The maximum atomic E-state index is 4.75. The van der Waals surface area contributed by atoms with E-state index in [-0.39, 0.29) is 0 Å². The fourth-order valence-corrected chi connectivity index (χ4v) is 3.75. The van der Waals surface area contributed by atoms with E-state index in [0.717, 1.165) is 30.0 Å². The first-order chi connectivity index (χ1) is 8.74. The van der Waals surface area contributed by atoms with Gasteiger partial charge in [0.05, 0.1) is 11.4 Å². The Labute approximate surface area is 109 Å². The molecule has 0 bridgehead atoms. The van der Waals surface area contributed by atoms with Crippen molar-refractivity contribution in [1.29, 1.82) is 0 Å². The van der Waals surface area contributed by atoms with Gasteiger partial charge in [0, 0.05) is 21.8 Å². The van der Waals surface area contributed by atoms with Crippen LogP contribution in [0.2, 0.25) is 0 Å². The quantitative estimate of drug-likeness (QED) is 0.617. The minimum absolute atomic E-state index is 0.844. The van der Waals surface area contributed by atoms with E-state index < -0.39 is 0 Å². The van der Waals surface area contributed by atoms with Crippen LogP contribution >= 0.6 is 11.3 Å². The average molecular weight is 255 g/mol. The van der Waals surface area contributed by atoms with Gasteiger partial charge in [0.25, 0.3) is 0 Å². The highest BCUT2D eigenvalue weighted by molar-refractivity contribution is 7.10. The largest absolute Gasteiger partial charge is 0.285 e. The summed E-state index contributed by atoms with van der Waals surface area (Å²) in [5.74, 6) is 0.844. The lowest BCUT2D eigenvalue weighted by atomic mass is 10.00. The van der Waals surface area contributed by atoms with Gasteiger partial charge < -0.3 is 0 Å². The topological polar surface area (TPSA) is 30.2 Å². The predicted octanol–water partition coefficient (Wildman–Crippen LogP) is 3.17. The Morgan fingerprint density at radius 2 is 2.11 bits per heavy atom. The van der Waals surface area contributed by atoms with Gasteiger partial charge in [-0.3, -0.25) is 4.40 Å². The number of fused-ring (bicyclic) bond motifs is 5. The van der Waals surface area contributed by atoms with Crippen LogP contribution < -0.4 is 0 Å². The Kier molecular flexibility index (Phi) is 1.95. The van der Waals surface area contributed by atoms with Crippen LogP contribution in [0, 0.1) is 13.8 Å². The van der Waals surface area contributed by atoms with E-state index in [1.54, 1.807) is 0 Å². The molecule has 0 fully saturated rings. The zero-order chi connectivity index (χ0) is 12.3. The van der Waals surface area contributed by atoms with Crippen molar-refractivity contribution in [1.82, 2.24) is 14.4 Å². The third-order valence-electron chi connectivity index (χ3n) is 3.59. The van der Waals surface area contributed by atoms with Crippen LogP contribution in [0.1, 0.15) is 22.0 Å². The summed E-state index contributed by atoms with van der Waals surface area (Å²) >= 11 is 1.84. The van der Waals surface area contributed by atoms with E-state index in [1.807, 2.05) is 18.3 Å². The second-order valence-electron chi connectivity index (χ2n) is 4.84. The zero-order valence-electron chi connectivity index (χ0n) is 10.4. The lowest BCUT2D eigenvalue weighted by Crippen LogP contribution is -2.05. The predicted molar refractivity (Wildman–Crippen MR) is 73.2 cm³/mol. The molecule has 3 heterocycles. The Balaban J connectivity index is 2.13.